The minimum Gasteiger partial charge on any atom is -0.343 e. The van der Waals surface area contributed by atoms with Gasteiger partial charge in [-0.05, 0) is 30.2 Å². The number of hydrogen-bond donors (Lipinski definition) is 3. The topological polar surface area (TPSA) is 82.3 Å². The van der Waals surface area contributed by atoms with Crippen LogP contribution in [0.5, 0.6) is 0 Å². The number of fused-ring (bicyclic) bond motifs is 2. The first-order valence-electron chi connectivity index (χ1n) is 7.24. The molecule has 0 bridgehead atoms. The molecule has 4 rings (SSSR count). The first kappa shape index (κ1) is 12.8. The van der Waals surface area contributed by atoms with Crippen LogP contribution in [-0.2, 0) is 0 Å². The quantitative estimate of drug-likeness (QED) is 0.537. The van der Waals surface area contributed by atoms with Gasteiger partial charge in [-0.15, -0.1) is 0 Å². The normalized spacial score (nSPS) is 11.6. The third-order valence-corrected chi connectivity index (χ3v) is 3.77. The number of aromatic amines is 2. The van der Waals surface area contributed by atoms with Crippen molar-refractivity contribution in [3.63, 3.8) is 0 Å². The first-order chi connectivity index (χ1) is 10.7. The van der Waals surface area contributed by atoms with E-state index in [1.54, 1.807) is 6.33 Å². The van der Waals surface area contributed by atoms with Crippen molar-refractivity contribution in [3.8, 4) is 0 Å². The Hall–Kier alpha value is -2.89. The minimum atomic E-state index is 0.421. The Morgan fingerprint density at radius 1 is 1.14 bits per heavy atom. The van der Waals surface area contributed by atoms with Gasteiger partial charge < -0.3 is 10.3 Å². The van der Waals surface area contributed by atoms with Gasteiger partial charge in [0.25, 0.3) is 0 Å². The number of nitrogens with one attached hydrogen (secondary N) is 3. The second kappa shape index (κ2) is 4.84. The summed E-state index contributed by atoms with van der Waals surface area (Å²) in [5.74, 6) is 1.22. The zero-order valence-corrected chi connectivity index (χ0v) is 12.4. The van der Waals surface area contributed by atoms with Gasteiger partial charge in [0.15, 0.2) is 0 Å². The summed E-state index contributed by atoms with van der Waals surface area (Å²) in [5, 5.41) is 12.4. The molecule has 0 fully saturated rings. The Morgan fingerprint density at radius 2 is 2.05 bits per heavy atom. The zero-order valence-electron chi connectivity index (χ0n) is 12.4. The molecule has 0 aliphatic rings. The number of benzene rings is 1. The van der Waals surface area contributed by atoms with Crippen molar-refractivity contribution in [1.82, 2.24) is 25.1 Å². The van der Waals surface area contributed by atoms with Crippen molar-refractivity contribution in [2.24, 2.45) is 0 Å². The molecule has 0 saturated carbocycles. The first-order valence-corrected chi connectivity index (χ1v) is 7.24. The average molecular weight is 292 g/mol. The predicted octanol–water partition coefficient (Wildman–Crippen LogP) is 3.70. The summed E-state index contributed by atoms with van der Waals surface area (Å²) in [6.45, 7) is 4.30. The van der Waals surface area contributed by atoms with Gasteiger partial charge in [0.2, 0.25) is 0 Å². The summed E-state index contributed by atoms with van der Waals surface area (Å²) >= 11 is 0. The standard InChI is InChI=1S/C16H16N6/c1-9(2)14-6-12-15(17-8-18-16(12)21-14)20-11-3-4-13-10(5-11)7-19-22-13/h3-9H,1-2H3,(H,19,22)(H2,17,18,20,21). The van der Waals surface area contributed by atoms with Crippen molar-refractivity contribution < 1.29 is 0 Å². The van der Waals surface area contributed by atoms with E-state index in [0.29, 0.717) is 5.92 Å². The molecule has 0 unspecified atom stereocenters. The van der Waals surface area contributed by atoms with Crippen molar-refractivity contribution in [1.29, 1.82) is 0 Å². The summed E-state index contributed by atoms with van der Waals surface area (Å²) in [6.07, 6.45) is 3.38. The molecule has 3 heterocycles. The third kappa shape index (κ3) is 2.09. The molecule has 0 spiro atoms. The van der Waals surface area contributed by atoms with Gasteiger partial charge in [-0.25, -0.2) is 9.97 Å². The van der Waals surface area contributed by atoms with Gasteiger partial charge >= 0.3 is 0 Å². The highest BCUT2D eigenvalue weighted by atomic mass is 15.1. The minimum absolute atomic E-state index is 0.421. The molecule has 0 aliphatic heterocycles. The van der Waals surface area contributed by atoms with E-state index in [1.165, 1.54) is 0 Å². The van der Waals surface area contributed by atoms with Crippen molar-refractivity contribution in [2.45, 2.75) is 19.8 Å². The van der Waals surface area contributed by atoms with Crippen LogP contribution in [0.3, 0.4) is 0 Å². The van der Waals surface area contributed by atoms with Crippen LogP contribution in [0.2, 0.25) is 0 Å². The molecule has 1 aromatic carbocycles. The average Bonchev–Trinajstić information content (AvgIpc) is 3.13. The Balaban J connectivity index is 1.76. The van der Waals surface area contributed by atoms with Gasteiger partial charge in [0.05, 0.1) is 17.1 Å². The van der Waals surface area contributed by atoms with Crippen LogP contribution in [0, 0.1) is 0 Å². The molecule has 6 heteroatoms. The Kier molecular flexibility index (Phi) is 2.82. The van der Waals surface area contributed by atoms with Gasteiger partial charge in [-0.2, -0.15) is 5.10 Å². The maximum atomic E-state index is 4.38. The molecule has 22 heavy (non-hydrogen) atoms. The molecule has 0 radical (unpaired) electrons. The number of hydrogen-bond acceptors (Lipinski definition) is 4. The highest BCUT2D eigenvalue weighted by Gasteiger charge is 2.10. The number of aromatic nitrogens is 5. The second-order valence-electron chi connectivity index (χ2n) is 5.66. The van der Waals surface area contributed by atoms with Gasteiger partial charge in [-0.1, -0.05) is 13.8 Å². The number of H-pyrrole nitrogens is 2. The smallest absolute Gasteiger partial charge is 0.143 e. The van der Waals surface area contributed by atoms with E-state index in [9.17, 15) is 0 Å². The maximum absolute atomic E-state index is 4.38. The lowest BCUT2D eigenvalue weighted by Gasteiger charge is -2.06. The monoisotopic (exact) mass is 292 g/mol. The lowest BCUT2D eigenvalue weighted by atomic mass is 10.1. The predicted molar refractivity (Wildman–Crippen MR) is 87.4 cm³/mol. The van der Waals surface area contributed by atoms with Crippen molar-refractivity contribution in [2.75, 3.05) is 5.32 Å². The van der Waals surface area contributed by atoms with E-state index in [4.69, 9.17) is 0 Å². The molecule has 4 aromatic rings. The van der Waals surface area contributed by atoms with E-state index in [2.05, 4.69) is 50.4 Å². The van der Waals surface area contributed by atoms with E-state index >= 15 is 0 Å². The van der Waals surface area contributed by atoms with E-state index < -0.39 is 0 Å². The second-order valence-corrected chi connectivity index (χ2v) is 5.66. The molecule has 3 N–H and O–H groups in total. The van der Waals surface area contributed by atoms with Crippen LogP contribution in [0.1, 0.15) is 25.5 Å². The Morgan fingerprint density at radius 3 is 2.91 bits per heavy atom. The molecule has 0 saturated heterocycles. The Bertz CT molecular complexity index is 950. The summed E-state index contributed by atoms with van der Waals surface area (Å²) in [6, 6.07) is 8.16. The third-order valence-electron chi connectivity index (χ3n) is 3.77. The van der Waals surface area contributed by atoms with E-state index in [0.717, 1.165) is 39.1 Å². The van der Waals surface area contributed by atoms with Crippen molar-refractivity contribution >= 4 is 33.4 Å². The summed E-state index contributed by atoms with van der Waals surface area (Å²) in [7, 11) is 0. The SMILES string of the molecule is CC(C)c1cc2c(Nc3ccc4[nH]ncc4c3)ncnc2[nH]1. The van der Waals surface area contributed by atoms with Crippen LogP contribution in [0.4, 0.5) is 11.5 Å². The van der Waals surface area contributed by atoms with Crippen molar-refractivity contribution in [3.05, 3.63) is 42.5 Å². The molecule has 0 atom stereocenters. The molecule has 6 nitrogen and oxygen atoms in total. The van der Waals surface area contributed by atoms with Crippen LogP contribution < -0.4 is 5.32 Å². The van der Waals surface area contributed by atoms with Gasteiger partial charge in [-0.3, -0.25) is 5.10 Å². The number of nitrogens with zero attached hydrogens (tertiary/aromatic N) is 3. The van der Waals surface area contributed by atoms with Gasteiger partial charge in [0, 0.05) is 16.8 Å². The summed E-state index contributed by atoms with van der Waals surface area (Å²) in [5.41, 5.74) is 4.00. The summed E-state index contributed by atoms with van der Waals surface area (Å²) in [4.78, 5) is 12.0. The lowest BCUT2D eigenvalue weighted by molar-refractivity contribution is 0.835. The lowest BCUT2D eigenvalue weighted by Crippen LogP contribution is -1.94. The Labute approximate surface area is 127 Å². The molecule has 0 aliphatic carbocycles. The fourth-order valence-corrected chi connectivity index (χ4v) is 2.53. The summed E-state index contributed by atoms with van der Waals surface area (Å²) < 4.78 is 0. The fraction of sp³-hybridized carbons (Fsp3) is 0.188. The number of anilines is 2. The molecular weight excluding hydrogens is 276 g/mol. The highest BCUT2D eigenvalue weighted by molar-refractivity contribution is 5.91. The molecule has 0 amide bonds. The molecule has 3 aromatic heterocycles. The maximum Gasteiger partial charge on any atom is 0.143 e. The van der Waals surface area contributed by atoms with Gasteiger partial charge in [0.1, 0.15) is 17.8 Å². The number of rotatable bonds is 3. The molecular formula is C16H16N6. The molecule has 110 valence electrons. The highest BCUT2D eigenvalue weighted by Crippen LogP contribution is 2.27. The largest absolute Gasteiger partial charge is 0.343 e. The van der Waals surface area contributed by atoms with Crippen LogP contribution in [0.25, 0.3) is 21.9 Å². The van der Waals surface area contributed by atoms with Crippen LogP contribution in [0.15, 0.2) is 36.8 Å². The fourth-order valence-electron chi connectivity index (χ4n) is 2.53. The zero-order chi connectivity index (χ0) is 15.1. The van der Waals surface area contributed by atoms with E-state index in [1.807, 2.05) is 24.4 Å². The van der Waals surface area contributed by atoms with Crippen LogP contribution in [-0.4, -0.2) is 25.1 Å². The van der Waals surface area contributed by atoms with Crippen LogP contribution >= 0.6 is 0 Å². The van der Waals surface area contributed by atoms with E-state index in [-0.39, 0.29) is 0 Å².